The smallest absolute Gasteiger partial charge is 0.275 e. The molecule has 138 valence electrons. The summed E-state index contributed by atoms with van der Waals surface area (Å²) < 4.78 is 2.87. The quantitative estimate of drug-likeness (QED) is 0.365. The molecule has 4 aromatic rings. The van der Waals surface area contributed by atoms with Crippen molar-refractivity contribution >= 4 is 60.7 Å². The number of aromatic nitrogens is 2. The van der Waals surface area contributed by atoms with Crippen LogP contribution in [0.15, 0.2) is 80.2 Å². The summed E-state index contributed by atoms with van der Waals surface area (Å²) in [6, 6.07) is 16.8. The van der Waals surface area contributed by atoms with Crippen LogP contribution < -0.4 is 11.3 Å². The number of fused-ring (bicyclic) bond motifs is 1. The molecule has 0 spiro atoms. The fraction of sp³-hybridized carbons (Fsp3) is 0. The van der Waals surface area contributed by atoms with Gasteiger partial charge in [-0.05, 0) is 43.1 Å². The molecule has 4 rings (SSSR count). The van der Waals surface area contributed by atoms with Crippen LogP contribution in [0, 0.1) is 0 Å². The van der Waals surface area contributed by atoms with E-state index in [-0.39, 0.29) is 5.56 Å². The Morgan fingerprint density at radius 2 is 1.86 bits per heavy atom. The Labute approximate surface area is 172 Å². The van der Waals surface area contributed by atoms with Crippen molar-refractivity contribution < 1.29 is 0 Å². The molecule has 0 aliphatic carbocycles. The van der Waals surface area contributed by atoms with E-state index in [2.05, 4.69) is 37.6 Å². The second-order valence-corrected chi connectivity index (χ2v) is 7.81. The predicted molar refractivity (Wildman–Crippen MR) is 120 cm³/mol. The maximum atomic E-state index is 13.0. The van der Waals surface area contributed by atoms with Crippen LogP contribution >= 0.6 is 27.3 Å². The molecule has 0 saturated carbocycles. The van der Waals surface area contributed by atoms with E-state index in [0.29, 0.717) is 32.3 Å². The molecule has 0 unspecified atom stereocenters. The first kappa shape index (κ1) is 18.3. The lowest BCUT2D eigenvalue weighted by Gasteiger charge is -2.06. The van der Waals surface area contributed by atoms with Gasteiger partial charge in [-0.1, -0.05) is 34.1 Å². The highest BCUT2D eigenvalue weighted by Gasteiger charge is 2.19. The van der Waals surface area contributed by atoms with Crippen LogP contribution in [-0.4, -0.2) is 22.1 Å². The molecule has 0 saturated heterocycles. The average Bonchev–Trinajstić information content (AvgIpc) is 3.05. The molecular weight excluding hydrogens is 438 g/mol. The van der Waals surface area contributed by atoms with Crippen LogP contribution in [0.25, 0.3) is 15.9 Å². The van der Waals surface area contributed by atoms with E-state index in [4.69, 9.17) is 5.73 Å². The minimum absolute atomic E-state index is 0.196. The van der Waals surface area contributed by atoms with Gasteiger partial charge in [0.2, 0.25) is 0 Å². The fourth-order valence-electron chi connectivity index (χ4n) is 2.78. The molecular formula is C20H14BrN5OS. The first-order valence-electron chi connectivity index (χ1n) is 8.25. The van der Waals surface area contributed by atoms with Gasteiger partial charge < -0.3 is 5.73 Å². The molecule has 2 N–H and O–H groups in total. The first-order valence-corrected chi connectivity index (χ1v) is 9.86. The normalized spacial score (nSPS) is 11.7. The van der Waals surface area contributed by atoms with Crippen molar-refractivity contribution in [2.75, 3.05) is 5.73 Å². The third-order valence-electron chi connectivity index (χ3n) is 4.10. The highest BCUT2D eigenvalue weighted by molar-refractivity contribution is 9.10. The van der Waals surface area contributed by atoms with E-state index in [1.807, 2.05) is 54.6 Å². The number of nitrogens with two attached hydrogens (primary N) is 1. The van der Waals surface area contributed by atoms with Crippen LogP contribution in [0.4, 0.5) is 10.7 Å². The number of nitrogen functional groups attached to an aromatic ring is 1. The molecule has 8 heteroatoms. The third-order valence-corrected chi connectivity index (χ3v) is 5.62. The van der Waals surface area contributed by atoms with Gasteiger partial charge in [0.05, 0.1) is 21.9 Å². The third kappa shape index (κ3) is 3.28. The van der Waals surface area contributed by atoms with Crippen molar-refractivity contribution in [3.8, 4) is 5.69 Å². The molecule has 0 fully saturated rings. The van der Waals surface area contributed by atoms with Gasteiger partial charge in [-0.25, -0.2) is 15.0 Å². The van der Waals surface area contributed by atoms with Crippen LogP contribution in [0.2, 0.25) is 0 Å². The molecule has 28 heavy (non-hydrogen) atoms. The van der Waals surface area contributed by atoms with E-state index < -0.39 is 0 Å². The highest BCUT2D eigenvalue weighted by atomic mass is 79.9. The van der Waals surface area contributed by atoms with Gasteiger partial charge >= 0.3 is 0 Å². The SMILES string of the molecule is C=NC(=Nc1ccccc1)c1c(N)sc2c(=O)n(-c3ccc(Br)cc3)cnc12. The summed E-state index contributed by atoms with van der Waals surface area (Å²) in [5, 5.41) is 0.426. The minimum atomic E-state index is -0.196. The van der Waals surface area contributed by atoms with E-state index in [1.165, 1.54) is 22.2 Å². The maximum Gasteiger partial charge on any atom is 0.275 e. The number of para-hydroxylation sites is 1. The molecule has 0 amide bonds. The number of hydrogen-bond donors (Lipinski definition) is 1. The summed E-state index contributed by atoms with van der Waals surface area (Å²) in [6.45, 7) is 3.61. The lowest BCUT2D eigenvalue weighted by molar-refractivity contribution is 0.966. The maximum absolute atomic E-state index is 13.0. The monoisotopic (exact) mass is 451 g/mol. The largest absolute Gasteiger partial charge is 0.390 e. The molecule has 0 radical (unpaired) electrons. The van der Waals surface area contributed by atoms with Crippen LogP contribution in [0.5, 0.6) is 0 Å². The lowest BCUT2D eigenvalue weighted by Crippen LogP contribution is -2.18. The van der Waals surface area contributed by atoms with Gasteiger partial charge in [0.25, 0.3) is 5.56 Å². The molecule has 6 nitrogen and oxygen atoms in total. The Kier molecular flexibility index (Phi) is 4.89. The van der Waals surface area contributed by atoms with E-state index >= 15 is 0 Å². The molecule has 0 aliphatic rings. The number of anilines is 1. The number of hydrogen-bond acceptors (Lipinski definition) is 5. The Bertz CT molecular complexity index is 1260. The first-order chi connectivity index (χ1) is 13.6. The number of aliphatic imine (C=N–C) groups is 2. The van der Waals surface area contributed by atoms with E-state index in [1.54, 1.807) is 0 Å². The topological polar surface area (TPSA) is 85.6 Å². The summed E-state index contributed by atoms with van der Waals surface area (Å²) in [6.07, 6.45) is 1.49. The highest BCUT2D eigenvalue weighted by Crippen LogP contribution is 2.32. The second-order valence-electron chi connectivity index (χ2n) is 5.84. The number of nitrogens with zero attached hydrogens (tertiary/aromatic N) is 4. The summed E-state index contributed by atoms with van der Waals surface area (Å²) >= 11 is 4.57. The zero-order valence-electron chi connectivity index (χ0n) is 14.5. The van der Waals surface area contributed by atoms with Crippen LogP contribution in [0.3, 0.4) is 0 Å². The molecule has 0 bridgehead atoms. The van der Waals surface area contributed by atoms with Gasteiger partial charge in [-0.15, -0.1) is 11.3 Å². The van der Waals surface area contributed by atoms with Crippen LogP contribution in [-0.2, 0) is 0 Å². The van der Waals surface area contributed by atoms with E-state index in [9.17, 15) is 4.79 Å². The predicted octanol–water partition coefficient (Wildman–Crippen LogP) is 4.57. The fourth-order valence-corrected chi connectivity index (χ4v) is 3.99. The number of benzene rings is 2. The number of thiophene rings is 1. The summed E-state index contributed by atoms with van der Waals surface area (Å²) in [4.78, 5) is 26.1. The van der Waals surface area contributed by atoms with Crippen molar-refractivity contribution in [1.29, 1.82) is 0 Å². The van der Waals surface area contributed by atoms with Crippen molar-refractivity contribution in [3.05, 3.63) is 81.3 Å². The molecule has 2 aromatic carbocycles. The molecule has 2 aromatic heterocycles. The number of amidine groups is 1. The number of rotatable bonds is 3. The Balaban J connectivity index is 1.90. The average molecular weight is 452 g/mol. The van der Waals surface area contributed by atoms with Gasteiger partial charge in [-0.2, -0.15) is 0 Å². The second kappa shape index (κ2) is 7.49. The summed E-state index contributed by atoms with van der Waals surface area (Å²) in [5.41, 5.74) is 8.46. The Morgan fingerprint density at radius 1 is 1.14 bits per heavy atom. The molecule has 0 aliphatic heterocycles. The number of halogens is 1. The van der Waals surface area contributed by atoms with Gasteiger partial charge in [-0.3, -0.25) is 9.36 Å². The van der Waals surface area contributed by atoms with E-state index in [0.717, 1.165) is 10.2 Å². The van der Waals surface area contributed by atoms with Crippen molar-refractivity contribution in [3.63, 3.8) is 0 Å². The van der Waals surface area contributed by atoms with Gasteiger partial charge in [0.15, 0.2) is 5.84 Å². The van der Waals surface area contributed by atoms with Crippen molar-refractivity contribution in [2.45, 2.75) is 0 Å². The Hall–Kier alpha value is -3.10. The van der Waals surface area contributed by atoms with Gasteiger partial charge in [0, 0.05) is 4.47 Å². The molecule has 0 atom stereocenters. The van der Waals surface area contributed by atoms with Crippen LogP contribution in [0.1, 0.15) is 5.56 Å². The van der Waals surface area contributed by atoms with Crippen molar-refractivity contribution in [2.24, 2.45) is 9.98 Å². The lowest BCUT2D eigenvalue weighted by atomic mass is 10.2. The van der Waals surface area contributed by atoms with Crippen molar-refractivity contribution in [1.82, 2.24) is 9.55 Å². The molecule has 2 heterocycles. The zero-order chi connectivity index (χ0) is 19.7. The summed E-state index contributed by atoms with van der Waals surface area (Å²) in [5.74, 6) is 0.336. The minimum Gasteiger partial charge on any atom is -0.390 e. The van der Waals surface area contributed by atoms with Gasteiger partial charge in [0.1, 0.15) is 16.5 Å². The standard InChI is InChI=1S/C20H14BrN5OS/c1-23-19(25-13-5-3-2-4-6-13)15-16-17(28-18(15)22)20(27)26(11-24-16)14-9-7-12(21)8-10-14/h2-11H,1,22H2. The zero-order valence-corrected chi connectivity index (χ0v) is 16.9. The Morgan fingerprint density at radius 3 is 2.54 bits per heavy atom. The summed E-state index contributed by atoms with van der Waals surface area (Å²) in [7, 11) is 0.